The van der Waals surface area contributed by atoms with Crippen LogP contribution in [-0.4, -0.2) is 25.9 Å². The highest BCUT2D eigenvalue weighted by molar-refractivity contribution is 5.96. The SMILES string of the molecule is CCc1ccc(C(=O)C[C@@]2(C)CCC[C@@H](Cc3ncc(C(F)(F)F)c(-c4[nH]nc5c(C)cccc45)n3)C2)cc1F. The minimum absolute atomic E-state index is 0.0980. The number of nitrogens with one attached hydrogen (secondary N) is 1. The Morgan fingerprint density at radius 3 is 2.73 bits per heavy atom. The first kappa shape index (κ1) is 27.9. The molecule has 0 radical (unpaired) electrons. The molecule has 0 amide bonds. The molecule has 2 heterocycles. The summed E-state index contributed by atoms with van der Waals surface area (Å²) in [6.07, 6.45) is 0.791. The third-order valence-electron chi connectivity index (χ3n) is 8.16. The molecule has 1 saturated carbocycles. The third kappa shape index (κ3) is 5.64. The van der Waals surface area contributed by atoms with Crippen molar-refractivity contribution in [3.63, 3.8) is 0 Å². The van der Waals surface area contributed by atoms with Gasteiger partial charge in [0.15, 0.2) is 5.78 Å². The van der Waals surface area contributed by atoms with Gasteiger partial charge in [-0.2, -0.15) is 18.3 Å². The molecular formula is C31H32F4N4O. The molecule has 1 aliphatic rings. The highest BCUT2D eigenvalue weighted by atomic mass is 19.4. The van der Waals surface area contributed by atoms with Gasteiger partial charge in [-0.1, -0.05) is 50.6 Å². The smallest absolute Gasteiger partial charge is 0.294 e. The molecule has 210 valence electrons. The van der Waals surface area contributed by atoms with Gasteiger partial charge in [-0.05, 0) is 61.1 Å². The number of Topliss-reactive ketones (excluding diaryl/α,β-unsaturated/α-hetero) is 1. The lowest BCUT2D eigenvalue weighted by atomic mass is 9.67. The van der Waals surface area contributed by atoms with E-state index in [1.165, 1.54) is 6.07 Å². The van der Waals surface area contributed by atoms with Crippen LogP contribution in [0.1, 0.15) is 78.8 Å². The first-order valence-electron chi connectivity index (χ1n) is 13.7. The molecule has 2 aromatic carbocycles. The molecule has 4 aromatic rings. The number of hydrogen-bond donors (Lipinski definition) is 1. The van der Waals surface area contributed by atoms with E-state index in [4.69, 9.17) is 0 Å². The summed E-state index contributed by atoms with van der Waals surface area (Å²) in [5, 5.41) is 7.58. The summed E-state index contributed by atoms with van der Waals surface area (Å²) >= 11 is 0. The molecular weight excluding hydrogens is 520 g/mol. The molecule has 0 spiro atoms. The molecule has 0 unspecified atom stereocenters. The fraction of sp³-hybridized carbons (Fsp3) is 0.419. The number of para-hydroxylation sites is 1. The summed E-state index contributed by atoms with van der Waals surface area (Å²) < 4.78 is 56.2. The number of aryl methyl sites for hydroxylation is 2. The monoisotopic (exact) mass is 552 g/mol. The van der Waals surface area contributed by atoms with E-state index >= 15 is 0 Å². The number of rotatable bonds is 7. The van der Waals surface area contributed by atoms with E-state index in [1.807, 2.05) is 19.9 Å². The minimum Gasteiger partial charge on any atom is -0.294 e. The largest absolute Gasteiger partial charge is 0.420 e. The van der Waals surface area contributed by atoms with Crippen LogP contribution in [0.2, 0.25) is 0 Å². The lowest BCUT2D eigenvalue weighted by Crippen LogP contribution is -2.30. The number of hydrogen-bond acceptors (Lipinski definition) is 4. The van der Waals surface area contributed by atoms with Crippen molar-refractivity contribution in [2.45, 2.75) is 71.9 Å². The predicted octanol–water partition coefficient (Wildman–Crippen LogP) is 8.06. The van der Waals surface area contributed by atoms with Crippen LogP contribution >= 0.6 is 0 Å². The summed E-state index contributed by atoms with van der Waals surface area (Å²) in [6, 6.07) is 10.0. The average molecular weight is 553 g/mol. The average Bonchev–Trinajstić information content (AvgIpc) is 3.33. The van der Waals surface area contributed by atoms with E-state index < -0.39 is 11.7 Å². The van der Waals surface area contributed by atoms with Crippen molar-refractivity contribution in [1.82, 2.24) is 20.2 Å². The fourth-order valence-corrected chi connectivity index (χ4v) is 6.09. The number of carbonyl (C=O) groups is 1. The van der Waals surface area contributed by atoms with Crippen molar-refractivity contribution in [3.8, 4) is 11.4 Å². The summed E-state index contributed by atoms with van der Waals surface area (Å²) in [4.78, 5) is 21.6. The Morgan fingerprint density at radius 2 is 2.00 bits per heavy atom. The normalized spacial score (nSPS) is 19.7. The van der Waals surface area contributed by atoms with Gasteiger partial charge in [0.25, 0.3) is 0 Å². The number of alkyl halides is 3. The van der Waals surface area contributed by atoms with Gasteiger partial charge in [0.05, 0.1) is 11.2 Å². The zero-order valence-corrected chi connectivity index (χ0v) is 22.8. The van der Waals surface area contributed by atoms with Gasteiger partial charge in [0.1, 0.15) is 22.9 Å². The zero-order valence-electron chi connectivity index (χ0n) is 22.8. The van der Waals surface area contributed by atoms with Gasteiger partial charge in [-0.25, -0.2) is 14.4 Å². The molecule has 2 atom stereocenters. The number of halogens is 4. The lowest BCUT2D eigenvalue weighted by molar-refractivity contribution is -0.137. The second-order valence-electron chi connectivity index (χ2n) is 11.4. The maximum atomic E-state index is 14.3. The number of benzene rings is 2. The first-order valence-corrected chi connectivity index (χ1v) is 13.7. The third-order valence-corrected chi connectivity index (χ3v) is 8.16. The molecule has 2 aromatic heterocycles. The van der Waals surface area contributed by atoms with E-state index in [9.17, 15) is 22.4 Å². The van der Waals surface area contributed by atoms with Crippen molar-refractivity contribution in [1.29, 1.82) is 0 Å². The highest BCUT2D eigenvalue weighted by Crippen LogP contribution is 2.44. The number of H-pyrrole nitrogens is 1. The Hall–Kier alpha value is -3.62. The van der Waals surface area contributed by atoms with Crippen LogP contribution in [0.3, 0.4) is 0 Å². The van der Waals surface area contributed by atoms with E-state index in [1.54, 1.807) is 24.3 Å². The Bertz CT molecular complexity index is 1560. The van der Waals surface area contributed by atoms with Crippen LogP contribution in [0.25, 0.3) is 22.3 Å². The second-order valence-corrected chi connectivity index (χ2v) is 11.4. The van der Waals surface area contributed by atoms with Crippen LogP contribution in [0.5, 0.6) is 0 Å². The molecule has 5 rings (SSSR count). The van der Waals surface area contributed by atoms with Crippen molar-refractivity contribution in [2.75, 3.05) is 0 Å². The van der Waals surface area contributed by atoms with Gasteiger partial charge in [-0.3, -0.25) is 9.89 Å². The molecule has 1 fully saturated rings. The molecule has 0 saturated heterocycles. The van der Waals surface area contributed by atoms with Crippen molar-refractivity contribution >= 4 is 16.7 Å². The van der Waals surface area contributed by atoms with Gasteiger partial charge < -0.3 is 0 Å². The molecule has 5 nitrogen and oxygen atoms in total. The standard InChI is InChI=1S/C31H32F4N4O/c1-4-20-10-11-21(14-24(20)32)25(40)16-30(3)12-6-8-19(15-30)13-26-36-17-23(31(33,34)35)29(37-26)28-22-9-5-7-18(2)27(22)38-39-28/h5,7,9-11,14,17,19H,4,6,8,12-13,15-16H2,1-3H3,(H,38,39)/t19-,30-/m0/s1. The topological polar surface area (TPSA) is 71.5 Å². The molecule has 1 N–H and O–H groups in total. The fourth-order valence-electron chi connectivity index (χ4n) is 6.09. The summed E-state index contributed by atoms with van der Waals surface area (Å²) in [6.45, 7) is 5.78. The van der Waals surface area contributed by atoms with Crippen molar-refractivity contribution in [2.24, 2.45) is 11.3 Å². The van der Waals surface area contributed by atoms with Crippen LogP contribution in [0.15, 0.2) is 42.6 Å². The minimum atomic E-state index is -4.63. The lowest BCUT2D eigenvalue weighted by Gasteiger charge is -2.38. The number of fused-ring (bicyclic) bond motifs is 1. The summed E-state index contributed by atoms with van der Waals surface area (Å²) in [5.41, 5.74) is 1.19. The molecule has 0 bridgehead atoms. The number of carbonyl (C=O) groups excluding carboxylic acids is 1. The van der Waals surface area contributed by atoms with E-state index in [-0.39, 0.29) is 40.7 Å². The Balaban J connectivity index is 1.38. The Morgan fingerprint density at radius 1 is 1.20 bits per heavy atom. The van der Waals surface area contributed by atoms with E-state index in [2.05, 4.69) is 27.1 Å². The Kier molecular flexibility index (Phi) is 7.50. The predicted molar refractivity (Wildman–Crippen MR) is 145 cm³/mol. The number of nitrogens with zero attached hydrogens (tertiary/aromatic N) is 3. The van der Waals surface area contributed by atoms with Gasteiger partial charge in [0.2, 0.25) is 0 Å². The van der Waals surface area contributed by atoms with Crippen LogP contribution < -0.4 is 0 Å². The summed E-state index contributed by atoms with van der Waals surface area (Å²) in [5.74, 6) is -0.0260. The number of ketones is 1. The zero-order chi connectivity index (χ0) is 28.7. The Labute approximate surface area is 230 Å². The first-order chi connectivity index (χ1) is 19.0. The van der Waals surface area contributed by atoms with Crippen LogP contribution in [0, 0.1) is 24.1 Å². The highest BCUT2D eigenvalue weighted by Gasteiger charge is 2.38. The van der Waals surface area contributed by atoms with Crippen molar-refractivity contribution < 1.29 is 22.4 Å². The maximum absolute atomic E-state index is 14.3. The van der Waals surface area contributed by atoms with Gasteiger partial charge >= 0.3 is 6.18 Å². The molecule has 0 aliphatic heterocycles. The molecule has 9 heteroatoms. The van der Waals surface area contributed by atoms with Crippen LogP contribution in [0.4, 0.5) is 17.6 Å². The van der Waals surface area contributed by atoms with Crippen LogP contribution in [-0.2, 0) is 19.0 Å². The molecule has 1 aliphatic carbocycles. The number of aromatic amines is 1. The quantitative estimate of drug-likeness (QED) is 0.186. The number of aromatic nitrogens is 4. The van der Waals surface area contributed by atoms with Gasteiger partial charge in [0, 0.05) is 30.0 Å². The maximum Gasteiger partial charge on any atom is 0.420 e. The van der Waals surface area contributed by atoms with E-state index in [0.717, 1.165) is 31.0 Å². The van der Waals surface area contributed by atoms with E-state index in [0.29, 0.717) is 47.1 Å². The van der Waals surface area contributed by atoms with Gasteiger partial charge in [-0.15, -0.1) is 0 Å². The molecule has 40 heavy (non-hydrogen) atoms. The second kappa shape index (κ2) is 10.7. The van der Waals surface area contributed by atoms with Crippen molar-refractivity contribution in [3.05, 3.63) is 76.5 Å². The summed E-state index contributed by atoms with van der Waals surface area (Å²) in [7, 11) is 0.